The van der Waals surface area contributed by atoms with Crippen molar-refractivity contribution in [3.05, 3.63) is 23.2 Å². The molecule has 0 aliphatic heterocycles. The lowest BCUT2D eigenvalue weighted by atomic mass is 10.1. The van der Waals surface area contributed by atoms with E-state index in [2.05, 4.69) is 4.42 Å². The quantitative estimate of drug-likeness (QED) is 0.716. The first-order chi connectivity index (χ1) is 5.46. The summed E-state index contributed by atoms with van der Waals surface area (Å²) in [4.78, 5) is 0. The van der Waals surface area contributed by atoms with Gasteiger partial charge in [0.1, 0.15) is 0 Å². The Morgan fingerprint density at radius 2 is 2.08 bits per heavy atom. The summed E-state index contributed by atoms with van der Waals surface area (Å²) in [5.41, 5.74) is 5.60. The number of rotatable bonds is 1. The average Bonchev–Trinajstić information content (AvgIpc) is 2.29. The van der Waals surface area contributed by atoms with Gasteiger partial charge in [0.25, 0.3) is 0 Å². The number of alkyl halides is 3. The smallest absolute Gasteiger partial charge is 0.449 e. The first-order valence-electron chi connectivity index (χ1n) is 3.31. The minimum Gasteiger partial charge on any atom is -0.459 e. The maximum absolute atomic E-state index is 12.1. The topological polar surface area (TPSA) is 39.2 Å². The number of hydrogen-bond acceptors (Lipinski definition) is 2. The number of furan rings is 1. The Morgan fingerprint density at radius 3 is 2.42 bits per heavy atom. The van der Waals surface area contributed by atoms with Gasteiger partial charge in [-0.1, -0.05) is 0 Å². The highest BCUT2D eigenvalue weighted by Gasteiger charge is 2.37. The van der Waals surface area contributed by atoms with Crippen molar-refractivity contribution in [1.82, 2.24) is 0 Å². The normalized spacial score (nSPS) is 12.1. The van der Waals surface area contributed by atoms with Crippen molar-refractivity contribution in [2.24, 2.45) is 5.73 Å². The molecular weight excluding hydrogens is 171 g/mol. The minimum absolute atomic E-state index is 0.0301. The molecule has 1 heterocycles. The van der Waals surface area contributed by atoms with Crippen molar-refractivity contribution in [3.8, 4) is 0 Å². The van der Waals surface area contributed by atoms with Gasteiger partial charge in [0.2, 0.25) is 5.76 Å². The zero-order chi connectivity index (χ0) is 9.35. The van der Waals surface area contributed by atoms with Crippen LogP contribution in [0, 0.1) is 6.92 Å². The van der Waals surface area contributed by atoms with E-state index < -0.39 is 11.9 Å². The number of nitrogens with two attached hydrogens (primary N) is 1. The predicted molar refractivity (Wildman–Crippen MR) is 36.3 cm³/mol. The van der Waals surface area contributed by atoms with E-state index >= 15 is 0 Å². The molecule has 0 saturated heterocycles. The zero-order valence-corrected chi connectivity index (χ0v) is 6.40. The summed E-state index contributed by atoms with van der Waals surface area (Å²) in [6.45, 7) is 1.37. The zero-order valence-electron chi connectivity index (χ0n) is 6.40. The Labute approximate surface area is 67.2 Å². The number of halogens is 3. The molecule has 2 N–H and O–H groups in total. The van der Waals surface area contributed by atoms with Gasteiger partial charge < -0.3 is 10.2 Å². The SMILES string of the molecule is Cc1coc(C(F)(F)F)c1CN. The Hall–Kier alpha value is -0.970. The minimum atomic E-state index is -4.44. The number of aryl methyl sites for hydroxylation is 1. The molecule has 0 radical (unpaired) electrons. The molecule has 0 amide bonds. The fraction of sp³-hybridized carbons (Fsp3) is 0.429. The molecule has 1 rings (SSSR count). The standard InChI is InChI=1S/C7H8F3NO/c1-4-3-12-6(5(4)2-11)7(8,9)10/h3H,2,11H2,1H3. The van der Waals surface area contributed by atoms with Crippen molar-refractivity contribution in [2.75, 3.05) is 0 Å². The van der Waals surface area contributed by atoms with Crippen LogP contribution in [0.1, 0.15) is 16.9 Å². The highest BCUT2D eigenvalue weighted by Crippen LogP contribution is 2.33. The molecule has 0 unspecified atom stereocenters. The molecule has 0 bridgehead atoms. The molecule has 12 heavy (non-hydrogen) atoms. The van der Waals surface area contributed by atoms with E-state index in [0.717, 1.165) is 6.26 Å². The lowest BCUT2D eigenvalue weighted by Crippen LogP contribution is -2.09. The van der Waals surface area contributed by atoms with Crippen LogP contribution in [0.25, 0.3) is 0 Å². The molecule has 2 nitrogen and oxygen atoms in total. The van der Waals surface area contributed by atoms with Gasteiger partial charge in [-0.3, -0.25) is 0 Å². The number of hydrogen-bond donors (Lipinski definition) is 1. The van der Waals surface area contributed by atoms with Crippen LogP contribution in [0.4, 0.5) is 13.2 Å². The fourth-order valence-corrected chi connectivity index (χ4v) is 0.960. The second-order valence-corrected chi connectivity index (χ2v) is 2.43. The van der Waals surface area contributed by atoms with Gasteiger partial charge in [-0.2, -0.15) is 13.2 Å². The third kappa shape index (κ3) is 1.45. The molecular formula is C7H8F3NO. The first-order valence-corrected chi connectivity index (χ1v) is 3.31. The molecule has 1 aromatic rings. The molecule has 0 spiro atoms. The predicted octanol–water partition coefficient (Wildman–Crippen LogP) is 2.07. The highest BCUT2D eigenvalue weighted by molar-refractivity contribution is 5.28. The maximum atomic E-state index is 12.1. The van der Waals surface area contributed by atoms with Crippen molar-refractivity contribution >= 4 is 0 Å². The van der Waals surface area contributed by atoms with Crippen LogP contribution in [0.2, 0.25) is 0 Å². The fourth-order valence-electron chi connectivity index (χ4n) is 0.960. The Kier molecular flexibility index (Phi) is 2.14. The van der Waals surface area contributed by atoms with Crippen LogP contribution in [0.15, 0.2) is 10.7 Å². The molecule has 1 aromatic heterocycles. The highest BCUT2D eigenvalue weighted by atomic mass is 19.4. The molecule has 0 saturated carbocycles. The third-order valence-corrected chi connectivity index (χ3v) is 1.57. The summed E-state index contributed by atoms with van der Waals surface area (Å²) in [5, 5.41) is 0. The summed E-state index contributed by atoms with van der Waals surface area (Å²) in [5.74, 6) is -0.984. The van der Waals surface area contributed by atoms with Gasteiger partial charge in [-0.25, -0.2) is 0 Å². The van der Waals surface area contributed by atoms with E-state index in [1.54, 1.807) is 0 Å². The first kappa shape index (κ1) is 9.12. The van der Waals surface area contributed by atoms with Gasteiger partial charge in [0.05, 0.1) is 6.26 Å². The van der Waals surface area contributed by atoms with Gasteiger partial charge in [0.15, 0.2) is 0 Å². The second-order valence-electron chi connectivity index (χ2n) is 2.43. The summed E-state index contributed by atoms with van der Waals surface area (Å²) in [6, 6.07) is 0. The molecule has 5 heteroatoms. The Balaban J connectivity index is 3.16. The van der Waals surface area contributed by atoms with Crippen LogP contribution in [-0.2, 0) is 12.7 Å². The van der Waals surface area contributed by atoms with E-state index in [1.165, 1.54) is 6.92 Å². The lowest BCUT2D eigenvalue weighted by molar-refractivity contribution is -0.153. The van der Waals surface area contributed by atoms with E-state index in [1.807, 2.05) is 0 Å². The van der Waals surface area contributed by atoms with Crippen molar-refractivity contribution in [2.45, 2.75) is 19.6 Å². The van der Waals surface area contributed by atoms with Gasteiger partial charge >= 0.3 is 6.18 Å². The molecule has 0 aromatic carbocycles. The van der Waals surface area contributed by atoms with Crippen molar-refractivity contribution in [1.29, 1.82) is 0 Å². The van der Waals surface area contributed by atoms with Crippen LogP contribution in [-0.4, -0.2) is 0 Å². The van der Waals surface area contributed by atoms with Gasteiger partial charge in [-0.05, 0) is 12.5 Å². The van der Waals surface area contributed by atoms with Crippen LogP contribution < -0.4 is 5.73 Å². The summed E-state index contributed by atoms with van der Waals surface area (Å²) < 4.78 is 40.6. The summed E-state index contributed by atoms with van der Waals surface area (Å²) in [6.07, 6.45) is -3.38. The van der Waals surface area contributed by atoms with Crippen LogP contribution in [0.5, 0.6) is 0 Å². The van der Waals surface area contributed by atoms with E-state index in [9.17, 15) is 13.2 Å². The molecule has 68 valence electrons. The summed E-state index contributed by atoms with van der Waals surface area (Å²) >= 11 is 0. The monoisotopic (exact) mass is 179 g/mol. The Bertz CT molecular complexity index is 277. The Morgan fingerprint density at radius 1 is 1.50 bits per heavy atom. The molecule has 0 aliphatic carbocycles. The second kappa shape index (κ2) is 2.82. The third-order valence-electron chi connectivity index (χ3n) is 1.57. The molecule has 0 aliphatic rings. The van der Waals surface area contributed by atoms with E-state index in [4.69, 9.17) is 5.73 Å². The van der Waals surface area contributed by atoms with E-state index in [0.29, 0.717) is 5.56 Å². The van der Waals surface area contributed by atoms with Gasteiger partial charge in [0, 0.05) is 12.1 Å². The summed E-state index contributed by atoms with van der Waals surface area (Å²) in [7, 11) is 0. The lowest BCUT2D eigenvalue weighted by Gasteiger charge is -2.04. The van der Waals surface area contributed by atoms with Gasteiger partial charge in [-0.15, -0.1) is 0 Å². The average molecular weight is 179 g/mol. The van der Waals surface area contributed by atoms with Crippen molar-refractivity contribution < 1.29 is 17.6 Å². The van der Waals surface area contributed by atoms with E-state index in [-0.39, 0.29) is 12.1 Å². The van der Waals surface area contributed by atoms with Crippen LogP contribution >= 0.6 is 0 Å². The van der Waals surface area contributed by atoms with Crippen LogP contribution in [0.3, 0.4) is 0 Å². The van der Waals surface area contributed by atoms with Crippen molar-refractivity contribution in [3.63, 3.8) is 0 Å². The maximum Gasteiger partial charge on any atom is 0.449 e. The molecule has 0 fully saturated rings. The largest absolute Gasteiger partial charge is 0.459 e. The molecule has 0 atom stereocenters.